The van der Waals surface area contributed by atoms with Gasteiger partial charge in [0.25, 0.3) is 5.91 Å². The van der Waals surface area contributed by atoms with Gasteiger partial charge in [0.2, 0.25) is 0 Å². The van der Waals surface area contributed by atoms with E-state index in [1.54, 1.807) is 11.3 Å². The fourth-order valence-corrected chi connectivity index (χ4v) is 6.77. The first-order valence-corrected chi connectivity index (χ1v) is 12.1. The van der Waals surface area contributed by atoms with E-state index in [1.807, 2.05) is 6.92 Å². The Balaban J connectivity index is 1.22. The number of piperidine rings is 1. The lowest BCUT2D eigenvalue weighted by atomic mass is 9.79. The first-order valence-electron chi connectivity index (χ1n) is 11.3. The zero-order valence-corrected chi connectivity index (χ0v) is 19.0. The summed E-state index contributed by atoms with van der Waals surface area (Å²) in [6, 6.07) is -0.384. The molecule has 3 aliphatic rings. The molecule has 3 amide bonds. The second-order valence-corrected chi connectivity index (χ2v) is 10.6. The Bertz CT molecular complexity index is 1040. The van der Waals surface area contributed by atoms with Crippen LogP contribution in [0, 0.1) is 11.8 Å². The monoisotopic (exact) mass is 442 g/mol. The number of nitrogens with two attached hydrogens (primary N) is 1. The molecule has 2 saturated heterocycles. The van der Waals surface area contributed by atoms with Gasteiger partial charge in [-0.2, -0.15) is 0 Å². The molecule has 2 atom stereocenters. The van der Waals surface area contributed by atoms with Crippen LogP contribution in [0.4, 0.5) is 10.6 Å². The second-order valence-electron chi connectivity index (χ2n) is 9.53. The minimum atomic E-state index is -0.790. The number of aromatic nitrogens is 2. The van der Waals surface area contributed by atoms with Crippen molar-refractivity contribution < 1.29 is 9.59 Å². The Kier molecular flexibility index (Phi) is 5.13. The third kappa shape index (κ3) is 3.67. The van der Waals surface area contributed by atoms with Crippen LogP contribution in [0.15, 0.2) is 0 Å². The van der Waals surface area contributed by atoms with Crippen LogP contribution in [0.3, 0.4) is 0 Å². The van der Waals surface area contributed by atoms with Gasteiger partial charge in [-0.25, -0.2) is 14.8 Å². The highest BCUT2D eigenvalue weighted by Gasteiger charge is 2.48. The highest BCUT2D eigenvalue weighted by atomic mass is 32.1. The summed E-state index contributed by atoms with van der Waals surface area (Å²) in [7, 11) is 0. The number of urea groups is 1. The van der Waals surface area contributed by atoms with Crippen LogP contribution in [0.25, 0.3) is 10.2 Å². The number of likely N-dealkylation sites (tertiary alicyclic amines) is 1. The number of anilines is 1. The molecular weight excluding hydrogens is 412 g/mol. The number of carbonyl (C=O) groups excluding carboxylic acids is 2. The van der Waals surface area contributed by atoms with Crippen LogP contribution in [0.1, 0.15) is 49.4 Å². The van der Waals surface area contributed by atoms with E-state index in [4.69, 9.17) is 10.7 Å². The lowest BCUT2D eigenvalue weighted by Crippen LogP contribution is -2.53. The highest BCUT2D eigenvalue weighted by molar-refractivity contribution is 7.19. The van der Waals surface area contributed by atoms with Gasteiger partial charge in [-0.15, -0.1) is 11.3 Å². The molecular formula is C22H30N6O2S. The zero-order valence-electron chi connectivity index (χ0n) is 18.2. The average molecular weight is 443 g/mol. The highest BCUT2D eigenvalue weighted by Crippen LogP contribution is 2.39. The van der Waals surface area contributed by atoms with Gasteiger partial charge in [0.05, 0.1) is 5.39 Å². The smallest absolute Gasteiger partial charge is 0.322 e. The van der Waals surface area contributed by atoms with Crippen molar-refractivity contribution in [2.24, 2.45) is 11.8 Å². The SMILES string of the molecule is C[C@H]1CCc2c(sc3nc(CCN4CCC([C@]5(C)NC(=O)NC5=O)CC4)nc(N)c23)C1. The van der Waals surface area contributed by atoms with Crippen LogP contribution < -0.4 is 16.4 Å². The topological polar surface area (TPSA) is 113 Å². The molecule has 8 nitrogen and oxygen atoms in total. The Morgan fingerprint density at radius 1 is 1.23 bits per heavy atom. The quantitative estimate of drug-likeness (QED) is 0.626. The summed E-state index contributed by atoms with van der Waals surface area (Å²) >= 11 is 1.79. The molecule has 31 heavy (non-hydrogen) atoms. The van der Waals surface area contributed by atoms with Gasteiger partial charge in [0.15, 0.2) is 0 Å². The predicted molar refractivity (Wildman–Crippen MR) is 121 cm³/mol. The van der Waals surface area contributed by atoms with Crippen LogP contribution in [-0.2, 0) is 24.1 Å². The van der Waals surface area contributed by atoms with Crippen molar-refractivity contribution in [2.45, 2.75) is 57.9 Å². The molecule has 4 heterocycles. The van der Waals surface area contributed by atoms with Gasteiger partial charge >= 0.3 is 6.03 Å². The van der Waals surface area contributed by atoms with Gasteiger partial charge in [0, 0.05) is 17.8 Å². The molecule has 0 aromatic carbocycles. The number of imide groups is 1. The van der Waals surface area contributed by atoms with Crippen LogP contribution in [0.2, 0.25) is 0 Å². The third-order valence-corrected chi connectivity index (χ3v) is 8.51. The molecule has 4 N–H and O–H groups in total. The molecule has 5 rings (SSSR count). The van der Waals surface area contributed by atoms with E-state index < -0.39 is 5.54 Å². The number of rotatable bonds is 4. The number of thiophene rings is 1. The minimum Gasteiger partial charge on any atom is -0.383 e. The molecule has 1 aliphatic carbocycles. The van der Waals surface area contributed by atoms with Crippen LogP contribution >= 0.6 is 11.3 Å². The van der Waals surface area contributed by atoms with Crippen molar-refractivity contribution in [3.05, 3.63) is 16.3 Å². The van der Waals surface area contributed by atoms with Crippen LogP contribution in [0.5, 0.6) is 0 Å². The number of nitrogens with zero attached hydrogens (tertiary/aromatic N) is 3. The maximum absolute atomic E-state index is 12.2. The molecule has 0 radical (unpaired) electrons. The summed E-state index contributed by atoms with van der Waals surface area (Å²) in [5.41, 5.74) is 6.95. The molecule has 166 valence electrons. The van der Waals surface area contributed by atoms with E-state index in [1.165, 1.54) is 16.9 Å². The largest absolute Gasteiger partial charge is 0.383 e. The molecule has 2 fully saturated rings. The first-order chi connectivity index (χ1) is 14.8. The molecule has 0 spiro atoms. The van der Waals surface area contributed by atoms with Gasteiger partial charge < -0.3 is 16.0 Å². The van der Waals surface area contributed by atoms with Crippen molar-refractivity contribution in [1.82, 2.24) is 25.5 Å². The van der Waals surface area contributed by atoms with Gasteiger partial charge in [-0.05, 0) is 69.5 Å². The van der Waals surface area contributed by atoms with E-state index >= 15 is 0 Å². The van der Waals surface area contributed by atoms with Gasteiger partial charge in [0.1, 0.15) is 22.0 Å². The summed E-state index contributed by atoms with van der Waals surface area (Å²) in [4.78, 5) is 38.1. The Morgan fingerprint density at radius 3 is 2.71 bits per heavy atom. The van der Waals surface area contributed by atoms with E-state index in [2.05, 4.69) is 27.4 Å². The van der Waals surface area contributed by atoms with Crippen molar-refractivity contribution in [1.29, 1.82) is 0 Å². The van der Waals surface area contributed by atoms with E-state index in [0.29, 0.717) is 5.82 Å². The van der Waals surface area contributed by atoms with Crippen molar-refractivity contribution in [3.63, 3.8) is 0 Å². The maximum Gasteiger partial charge on any atom is 0.322 e. The fourth-order valence-electron chi connectivity index (χ4n) is 5.36. The predicted octanol–water partition coefficient (Wildman–Crippen LogP) is 2.25. The van der Waals surface area contributed by atoms with E-state index in [-0.39, 0.29) is 17.9 Å². The van der Waals surface area contributed by atoms with Crippen molar-refractivity contribution >= 4 is 39.3 Å². The third-order valence-electron chi connectivity index (χ3n) is 7.36. The molecule has 0 unspecified atom stereocenters. The van der Waals surface area contributed by atoms with Crippen molar-refractivity contribution in [2.75, 3.05) is 25.4 Å². The number of hydrogen-bond donors (Lipinski definition) is 3. The van der Waals surface area contributed by atoms with E-state index in [0.717, 1.165) is 73.7 Å². The molecule has 9 heteroatoms. The Labute approximate surface area is 186 Å². The molecule has 0 saturated carbocycles. The lowest BCUT2D eigenvalue weighted by molar-refractivity contribution is -0.125. The fraction of sp³-hybridized carbons (Fsp3) is 0.636. The Morgan fingerprint density at radius 2 is 2.00 bits per heavy atom. The normalized spacial score (nSPS) is 27.4. The standard InChI is InChI=1S/C22H30N6O2S/c1-12-3-4-14-15(11-12)31-19-17(14)18(23)24-16(25-19)7-10-28-8-5-13(6-9-28)22(2)20(29)26-21(30)27-22/h12-13H,3-11H2,1-2H3,(H2,23,24,25)(H2,26,27,29,30)/t12-,22-/m0/s1. The Hall–Kier alpha value is -2.26. The molecule has 2 aromatic heterocycles. The zero-order chi connectivity index (χ0) is 21.8. The molecule has 2 aliphatic heterocycles. The van der Waals surface area contributed by atoms with E-state index in [9.17, 15) is 9.59 Å². The minimum absolute atomic E-state index is 0.151. The first kappa shape index (κ1) is 20.6. The summed E-state index contributed by atoms with van der Waals surface area (Å²) in [6.07, 6.45) is 5.93. The molecule has 2 aromatic rings. The lowest BCUT2D eigenvalue weighted by Gasteiger charge is -2.38. The van der Waals surface area contributed by atoms with Crippen molar-refractivity contribution in [3.8, 4) is 0 Å². The summed E-state index contributed by atoms with van der Waals surface area (Å²) < 4.78 is 0. The number of nitrogen functional groups attached to an aromatic ring is 1. The number of hydrogen-bond acceptors (Lipinski definition) is 7. The summed E-state index contributed by atoms with van der Waals surface area (Å²) in [6.45, 7) is 6.80. The number of carbonyl (C=O) groups is 2. The average Bonchev–Trinajstić information content (AvgIpc) is 3.22. The van der Waals surface area contributed by atoms with Gasteiger partial charge in [-0.3, -0.25) is 10.1 Å². The number of nitrogens with one attached hydrogen (secondary N) is 2. The molecule has 0 bridgehead atoms. The summed E-state index contributed by atoms with van der Waals surface area (Å²) in [5, 5.41) is 6.28. The number of aryl methyl sites for hydroxylation is 1. The number of amides is 3. The summed E-state index contributed by atoms with van der Waals surface area (Å²) in [5.74, 6) is 2.11. The van der Waals surface area contributed by atoms with Crippen LogP contribution in [-0.4, -0.2) is 52.0 Å². The second kappa shape index (κ2) is 7.70. The van der Waals surface area contributed by atoms with Gasteiger partial charge in [-0.1, -0.05) is 6.92 Å². The number of fused-ring (bicyclic) bond motifs is 3. The maximum atomic E-state index is 12.2.